The van der Waals surface area contributed by atoms with Crippen LogP contribution in [0.15, 0.2) is 41.7 Å². The van der Waals surface area contributed by atoms with E-state index in [9.17, 15) is 34.2 Å². The van der Waals surface area contributed by atoms with E-state index >= 15 is 4.79 Å². The summed E-state index contributed by atoms with van der Waals surface area (Å²) in [6.45, 7) is 18.0. The van der Waals surface area contributed by atoms with Crippen LogP contribution in [0.25, 0.3) is 0 Å². The number of fused-ring (bicyclic) bond motifs is 5. The Morgan fingerprint density at radius 1 is 0.949 bits per heavy atom. The molecule has 1 saturated heterocycles. The first-order valence-corrected chi connectivity index (χ1v) is 20.4. The number of nitrogens with one attached hydrogen (secondary N) is 1. The van der Waals surface area contributed by atoms with Crippen LogP contribution in [0.2, 0.25) is 0 Å². The zero-order valence-corrected chi connectivity index (χ0v) is 35.8. The summed E-state index contributed by atoms with van der Waals surface area (Å²) in [5.74, 6) is -7.74. The van der Waals surface area contributed by atoms with Crippen LogP contribution >= 0.6 is 0 Å². The van der Waals surface area contributed by atoms with Gasteiger partial charge in [0.05, 0.1) is 35.6 Å². The van der Waals surface area contributed by atoms with Crippen LogP contribution in [0.3, 0.4) is 0 Å². The number of hydrogen-bond acceptors (Lipinski definition) is 14. The number of rotatable bonds is 9. The Kier molecular flexibility index (Phi) is 11.5. The molecule has 324 valence electrons. The van der Waals surface area contributed by atoms with Crippen LogP contribution in [0, 0.1) is 39.9 Å². The van der Waals surface area contributed by atoms with Crippen molar-refractivity contribution in [2.45, 2.75) is 143 Å². The number of ether oxygens (including phenoxy) is 6. The van der Waals surface area contributed by atoms with Gasteiger partial charge in [0.15, 0.2) is 17.5 Å². The highest BCUT2D eigenvalue weighted by atomic mass is 16.6. The summed E-state index contributed by atoms with van der Waals surface area (Å²) in [6, 6.07) is 7.11. The molecule has 0 aromatic heterocycles. The van der Waals surface area contributed by atoms with E-state index in [0.29, 0.717) is 6.42 Å². The van der Waals surface area contributed by atoms with Gasteiger partial charge in [0, 0.05) is 32.1 Å². The highest BCUT2D eigenvalue weighted by Gasteiger charge is 2.75. The predicted octanol–water partition coefficient (Wildman–Crippen LogP) is 4.59. The monoisotopic (exact) mass is 825 g/mol. The van der Waals surface area contributed by atoms with Gasteiger partial charge in [0.1, 0.15) is 23.9 Å². The van der Waals surface area contributed by atoms with E-state index in [1.54, 1.807) is 58.0 Å². The molecule has 6 rings (SSSR count). The first-order valence-electron chi connectivity index (χ1n) is 20.4. The number of benzene rings is 1. The van der Waals surface area contributed by atoms with Gasteiger partial charge in [0.2, 0.25) is 5.78 Å². The van der Waals surface area contributed by atoms with Crippen LogP contribution in [-0.4, -0.2) is 100 Å². The van der Waals surface area contributed by atoms with Gasteiger partial charge in [-0.25, -0.2) is 14.4 Å². The van der Waals surface area contributed by atoms with Gasteiger partial charge >= 0.3 is 30.0 Å². The Morgan fingerprint density at radius 2 is 1.58 bits per heavy atom. The number of allylic oxidation sites excluding steroid dienone is 1. The Balaban J connectivity index is 1.49. The largest absolute Gasteiger partial charge is 0.460 e. The number of carbonyl (C=O) groups is 6. The van der Waals surface area contributed by atoms with Crippen LogP contribution in [0.1, 0.15) is 106 Å². The van der Waals surface area contributed by atoms with E-state index in [1.165, 1.54) is 13.8 Å². The molecule has 4 fully saturated rings. The topological polar surface area (TPSA) is 210 Å². The van der Waals surface area contributed by atoms with E-state index in [2.05, 4.69) is 5.32 Å². The van der Waals surface area contributed by atoms with Gasteiger partial charge in [-0.3, -0.25) is 14.4 Å². The first-order chi connectivity index (χ1) is 27.3. The quantitative estimate of drug-likeness (QED) is 0.230. The third-order valence-corrected chi connectivity index (χ3v) is 13.5. The van der Waals surface area contributed by atoms with E-state index in [-0.39, 0.29) is 47.7 Å². The Bertz CT molecular complexity index is 1920. The van der Waals surface area contributed by atoms with Crippen LogP contribution in [-0.2, 0) is 47.6 Å². The average molecular weight is 826 g/mol. The molecule has 4 aliphatic carbocycles. The summed E-state index contributed by atoms with van der Waals surface area (Å²) < 4.78 is 36.0. The summed E-state index contributed by atoms with van der Waals surface area (Å²) >= 11 is 0. The molecule has 1 aliphatic heterocycles. The Hall–Kier alpha value is -4.34. The normalized spacial score (nSPS) is 35.1. The summed E-state index contributed by atoms with van der Waals surface area (Å²) in [6.07, 6.45) is -6.96. The summed E-state index contributed by atoms with van der Waals surface area (Å²) in [5.41, 5.74) is -5.30. The predicted molar refractivity (Wildman–Crippen MR) is 208 cm³/mol. The number of aliphatic hydroxyl groups is 2. The van der Waals surface area contributed by atoms with Gasteiger partial charge in [-0.2, -0.15) is 0 Å². The maximum Gasteiger partial charge on any atom is 0.407 e. The molecule has 3 N–H and O–H groups in total. The molecule has 3 saturated carbocycles. The SMILES string of the molecule is CC(=O)OC1=C2C(C)[C@@H](OC(=O)[C@H](O)[C@@H](NC(=O)OC(C)(C)C)[C@H]3CC3(C)C)CC([C@@H](OC(=O)c3ccccc3)[C@@H]3[C@]4(OC(C)=O)CO[C@@H]4C[C@H](O)[C@@]3(C)C1=O)C2(C)C. The smallest absolute Gasteiger partial charge is 0.407 e. The van der Waals surface area contributed by atoms with E-state index in [4.69, 9.17) is 28.4 Å². The fourth-order valence-electron chi connectivity index (χ4n) is 10.4. The van der Waals surface area contributed by atoms with Gasteiger partial charge in [-0.1, -0.05) is 52.8 Å². The van der Waals surface area contributed by atoms with Crippen molar-refractivity contribution >= 4 is 35.8 Å². The molecular weight excluding hydrogens is 766 g/mol. The van der Waals surface area contributed by atoms with E-state index < -0.39 is 112 Å². The maximum atomic E-state index is 15.4. The molecule has 1 heterocycles. The highest BCUT2D eigenvalue weighted by molar-refractivity contribution is 6.02. The molecule has 59 heavy (non-hydrogen) atoms. The van der Waals surface area contributed by atoms with Crippen molar-refractivity contribution in [3.8, 4) is 0 Å². The number of carbonyl (C=O) groups excluding carboxylic acids is 6. The zero-order valence-electron chi connectivity index (χ0n) is 35.8. The van der Waals surface area contributed by atoms with Crippen molar-refractivity contribution in [2.75, 3.05) is 6.61 Å². The number of esters is 4. The molecule has 1 amide bonds. The molecule has 0 spiro atoms. The fourth-order valence-corrected chi connectivity index (χ4v) is 10.4. The van der Waals surface area contributed by atoms with Gasteiger partial charge in [0.25, 0.3) is 0 Å². The standard InChI is InChI=1S/C44H59NO14/c1-21-27(56-38(52)32(49)31(26-19-41(26,7)8)45-39(53)59-40(4,5)6)17-25-33(57-37(51)24-15-13-12-14-16-24)35-43(11,28(48)18-29-44(35,20-54-29)58-23(3)47)36(50)34(55-22(2)46)30(21)42(25,9)10/h12-16,21,25-29,31-33,35,48-49H,17-20H2,1-11H3,(H,45,53)/t21?,25?,26-,27+,28+,29-,31+,32-,33-,35+,43-,44+/m1/s1. The molecule has 12 atom stereocenters. The lowest BCUT2D eigenvalue weighted by Gasteiger charge is -2.65. The van der Waals surface area contributed by atoms with Crippen LogP contribution in [0.5, 0.6) is 0 Å². The highest BCUT2D eigenvalue weighted by Crippen LogP contribution is 2.64. The summed E-state index contributed by atoms with van der Waals surface area (Å²) in [5, 5.41) is 26.4. The fraction of sp³-hybridized carbons (Fsp3) is 0.682. The second-order valence-electron chi connectivity index (χ2n) is 19.5. The Morgan fingerprint density at radius 3 is 2.10 bits per heavy atom. The van der Waals surface area contributed by atoms with Crippen molar-refractivity contribution in [1.29, 1.82) is 0 Å². The number of aliphatic hydroxyl groups excluding tert-OH is 2. The van der Waals surface area contributed by atoms with Crippen molar-refractivity contribution in [3.05, 3.63) is 47.2 Å². The number of alkyl carbamates (subject to hydrolysis) is 1. The van der Waals surface area contributed by atoms with E-state index in [1.807, 2.05) is 27.7 Å². The Labute approximate surface area is 344 Å². The molecule has 0 radical (unpaired) electrons. The first kappa shape index (κ1) is 44.2. The molecule has 2 bridgehead atoms. The van der Waals surface area contributed by atoms with Crippen molar-refractivity contribution in [2.24, 2.45) is 39.9 Å². The van der Waals surface area contributed by atoms with Crippen LogP contribution in [0.4, 0.5) is 4.79 Å². The summed E-state index contributed by atoms with van der Waals surface area (Å²) in [7, 11) is 0. The van der Waals surface area contributed by atoms with Crippen molar-refractivity contribution in [1.82, 2.24) is 5.32 Å². The maximum absolute atomic E-state index is 15.4. The van der Waals surface area contributed by atoms with Gasteiger partial charge in [-0.05, 0) is 75.0 Å². The average Bonchev–Trinajstić information content (AvgIpc) is 3.76. The number of ketones is 1. The van der Waals surface area contributed by atoms with Crippen LogP contribution < -0.4 is 5.32 Å². The van der Waals surface area contributed by atoms with Gasteiger partial charge in [-0.15, -0.1) is 0 Å². The third-order valence-electron chi connectivity index (χ3n) is 13.5. The summed E-state index contributed by atoms with van der Waals surface area (Å²) in [4.78, 5) is 82.6. The molecule has 2 unspecified atom stereocenters. The second kappa shape index (κ2) is 15.3. The lowest BCUT2D eigenvalue weighted by molar-refractivity contribution is -0.334. The lowest BCUT2D eigenvalue weighted by Crippen LogP contribution is -2.78. The second-order valence-corrected chi connectivity index (χ2v) is 19.5. The molecule has 5 aliphatic rings. The number of Topliss-reactive ketones (excluding diaryl/α,β-unsaturated/α-hetero) is 1. The molecule has 1 aromatic rings. The molecular formula is C44H59NO14. The lowest BCUT2D eigenvalue weighted by atomic mass is 9.46. The van der Waals surface area contributed by atoms with E-state index in [0.717, 1.165) is 6.92 Å². The van der Waals surface area contributed by atoms with Crippen molar-refractivity contribution < 1.29 is 67.4 Å². The minimum absolute atomic E-state index is 0.0200. The minimum atomic E-state index is -1.88. The third kappa shape index (κ3) is 7.90. The number of amides is 1. The zero-order chi connectivity index (χ0) is 43.8. The molecule has 1 aromatic carbocycles. The van der Waals surface area contributed by atoms with Gasteiger partial charge < -0.3 is 44.0 Å². The number of hydrogen-bond donors (Lipinski definition) is 3. The molecule has 15 heteroatoms. The van der Waals surface area contributed by atoms with Crippen molar-refractivity contribution in [3.63, 3.8) is 0 Å². The minimum Gasteiger partial charge on any atom is -0.460 e. The molecule has 15 nitrogen and oxygen atoms in total.